The zero-order chi connectivity index (χ0) is 28.5. The molecule has 2 aliphatic rings. The quantitative estimate of drug-likeness (QED) is 0.152. The van der Waals surface area contributed by atoms with Crippen LogP contribution >= 0.6 is 56.9 Å². The number of hydrogen-bond donors (Lipinski definition) is 0. The highest BCUT2D eigenvalue weighted by atomic mass is 127. The van der Waals surface area contributed by atoms with Gasteiger partial charge in [0.15, 0.2) is 0 Å². The molecule has 0 aromatic heterocycles. The van der Waals surface area contributed by atoms with Crippen LogP contribution < -0.4 is 4.74 Å². The Morgan fingerprint density at radius 2 is 1.63 bits per heavy atom. The van der Waals surface area contributed by atoms with Crippen LogP contribution in [-0.2, 0) is 29.2 Å². The molecule has 41 heavy (non-hydrogen) atoms. The van der Waals surface area contributed by atoms with Gasteiger partial charge in [-0.15, -0.1) is 0 Å². The van der Waals surface area contributed by atoms with E-state index in [4.69, 9.17) is 4.74 Å². The van der Waals surface area contributed by atoms with Gasteiger partial charge in [-0.05, 0) is 115 Å². The predicted octanol–water partition coefficient (Wildman–Crippen LogP) is 7.25. The molecule has 3 amide bonds. The lowest BCUT2D eigenvalue weighted by molar-refractivity contribution is -0.136. The number of benzene rings is 4. The van der Waals surface area contributed by atoms with E-state index in [9.17, 15) is 14.4 Å². The van der Waals surface area contributed by atoms with E-state index in [0.717, 1.165) is 58.0 Å². The summed E-state index contributed by atoms with van der Waals surface area (Å²) in [5.41, 5.74) is 4.24. The molecule has 1 fully saturated rings. The first-order valence-corrected chi connectivity index (χ1v) is 16.0. The molecule has 0 saturated carbocycles. The van der Waals surface area contributed by atoms with Crippen molar-refractivity contribution in [2.75, 3.05) is 13.1 Å². The van der Waals surface area contributed by atoms with Crippen molar-refractivity contribution in [3.05, 3.63) is 113 Å². The van der Waals surface area contributed by atoms with Gasteiger partial charge in [0.05, 0.1) is 12.0 Å². The molecule has 0 unspecified atom stereocenters. The highest BCUT2D eigenvalue weighted by Gasteiger charge is 2.37. The van der Waals surface area contributed by atoms with Crippen molar-refractivity contribution in [3.63, 3.8) is 0 Å². The summed E-state index contributed by atoms with van der Waals surface area (Å²) in [6.07, 6.45) is 2.48. The molecule has 4 aromatic rings. The second kappa shape index (κ2) is 12.1. The van der Waals surface area contributed by atoms with Crippen molar-refractivity contribution in [2.24, 2.45) is 0 Å². The lowest BCUT2D eigenvalue weighted by atomic mass is 10.00. The van der Waals surface area contributed by atoms with Gasteiger partial charge < -0.3 is 9.64 Å². The predicted molar refractivity (Wildman–Crippen MR) is 178 cm³/mol. The van der Waals surface area contributed by atoms with E-state index in [0.29, 0.717) is 24.6 Å². The first kappa shape index (κ1) is 28.2. The highest BCUT2D eigenvalue weighted by molar-refractivity contribution is 14.1. The van der Waals surface area contributed by atoms with E-state index in [1.54, 1.807) is 11.0 Å². The molecule has 2 aliphatic heterocycles. The molecule has 2 heterocycles. The maximum Gasteiger partial charge on any atom is 0.294 e. The Morgan fingerprint density at radius 3 is 2.44 bits per heavy atom. The molecule has 4 aromatic carbocycles. The van der Waals surface area contributed by atoms with E-state index >= 15 is 0 Å². The Balaban J connectivity index is 1.14. The van der Waals surface area contributed by atoms with Crippen LogP contribution in [0.15, 0.2) is 83.8 Å². The molecule has 0 spiro atoms. The van der Waals surface area contributed by atoms with Crippen LogP contribution in [0.4, 0.5) is 4.79 Å². The molecular weight excluding hydrogens is 762 g/mol. The molecule has 0 radical (unpaired) electrons. The van der Waals surface area contributed by atoms with Crippen molar-refractivity contribution < 1.29 is 19.1 Å². The minimum Gasteiger partial charge on any atom is -0.487 e. The molecule has 0 N–H and O–H groups in total. The summed E-state index contributed by atoms with van der Waals surface area (Å²) in [5, 5.41) is 1.91. The molecule has 0 aliphatic carbocycles. The minimum atomic E-state index is -0.438. The van der Waals surface area contributed by atoms with Crippen LogP contribution in [0.25, 0.3) is 16.8 Å². The number of ether oxygens (including phenoxy) is 1. The summed E-state index contributed by atoms with van der Waals surface area (Å²) in [4.78, 5) is 42.0. The van der Waals surface area contributed by atoms with Crippen molar-refractivity contribution in [1.29, 1.82) is 0 Å². The first-order chi connectivity index (χ1) is 19.9. The molecule has 9 heteroatoms. The molecule has 0 bridgehead atoms. The summed E-state index contributed by atoms with van der Waals surface area (Å²) in [5.74, 6) is 0.116. The fourth-order valence-corrected chi connectivity index (χ4v) is 8.07. The number of rotatable bonds is 6. The Bertz CT molecular complexity index is 1710. The summed E-state index contributed by atoms with van der Waals surface area (Å²) in [7, 11) is 0. The lowest BCUT2D eigenvalue weighted by Crippen LogP contribution is -2.44. The normalized spacial score (nSPS) is 16.0. The molecule has 0 atom stereocenters. The number of thioether (sulfide) groups is 1. The Morgan fingerprint density at radius 1 is 0.927 bits per heavy atom. The standard InChI is InChI=1S/C32H24I2N2O4S/c33-26-14-20(15-27(34)30(26)40-19-24-10-5-9-22-7-3-4-11-25(22)24)16-28-31(38)36(32(39)41-28)18-29(37)35-13-12-21-6-1-2-8-23(21)17-35/h1-11,14-16H,12-13,17-19H2/b28-16-. The van der Waals surface area contributed by atoms with E-state index < -0.39 is 11.1 Å². The molecule has 206 valence electrons. The van der Waals surface area contributed by atoms with Crippen LogP contribution in [0.5, 0.6) is 5.75 Å². The van der Waals surface area contributed by atoms with Gasteiger partial charge in [-0.2, -0.15) is 0 Å². The zero-order valence-electron chi connectivity index (χ0n) is 21.8. The topological polar surface area (TPSA) is 66.9 Å². The molecule has 1 saturated heterocycles. The van der Waals surface area contributed by atoms with Crippen molar-refractivity contribution in [3.8, 4) is 5.75 Å². The Hall–Kier alpha value is -2.90. The van der Waals surface area contributed by atoms with Crippen LogP contribution in [0.1, 0.15) is 22.3 Å². The van der Waals surface area contributed by atoms with Crippen LogP contribution in [-0.4, -0.2) is 39.9 Å². The summed E-state index contributed by atoms with van der Waals surface area (Å²) >= 11 is 5.34. The van der Waals surface area contributed by atoms with Crippen molar-refractivity contribution in [2.45, 2.75) is 19.6 Å². The summed E-state index contributed by atoms with van der Waals surface area (Å²) in [6.45, 7) is 1.25. The number of halogens is 2. The summed E-state index contributed by atoms with van der Waals surface area (Å²) in [6, 6.07) is 26.3. The van der Waals surface area contributed by atoms with Gasteiger partial charge in [0.25, 0.3) is 11.1 Å². The first-order valence-electron chi connectivity index (χ1n) is 13.1. The van der Waals surface area contributed by atoms with Gasteiger partial charge in [0.2, 0.25) is 5.91 Å². The average Bonchev–Trinajstić information content (AvgIpc) is 3.23. The van der Waals surface area contributed by atoms with Gasteiger partial charge in [-0.1, -0.05) is 66.7 Å². The monoisotopic (exact) mass is 786 g/mol. The fourth-order valence-electron chi connectivity index (χ4n) is 5.10. The number of hydrogen-bond acceptors (Lipinski definition) is 5. The summed E-state index contributed by atoms with van der Waals surface area (Å²) < 4.78 is 8.06. The maximum absolute atomic E-state index is 13.2. The molecule has 6 nitrogen and oxygen atoms in total. The zero-order valence-corrected chi connectivity index (χ0v) is 26.9. The van der Waals surface area contributed by atoms with Crippen molar-refractivity contribution >= 4 is 90.8 Å². The number of nitrogens with zero attached hydrogens (tertiary/aromatic N) is 2. The number of carbonyl (C=O) groups is 3. The lowest BCUT2D eigenvalue weighted by Gasteiger charge is -2.29. The van der Waals surface area contributed by atoms with Gasteiger partial charge in [-0.25, -0.2) is 0 Å². The Kier molecular flexibility index (Phi) is 8.36. The third kappa shape index (κ3) is 6.02. The van der Waals surface area contributed by atoms with Crippen molar-refractivity contribution in [1.82, 2.24) is 9.80 Å². The SMILES string of the molecule is O=C(CN1C(=O)S/C(=C\c2cc(I)c(OCc3cccc4ccccc34)c(I)c2)C1=O)N1CCc2ccccc2C1. The van der Waals surface area contributed by atoms with E-state index in [2.05, 4.69) is 75.5 Å². The smallest absolute Gasteiger partial charge is 0.294 e. The van der Waals surface area contributed by atoms with Crippen LogP contribution in [0, 0.1) is 7.14 Å². The van der Waals surface area contributed by atoms with Gasteiger partial charge >= 0.3 is 0 Å². The minimum absolute atomic E-state index is 0.222. The van der Waals surface area contributed by atoms with Crippen LogP contribution in [0.3, 0.4) is 0 Å². The third-order valence-electron chi connectivity index (χ3n) is 7.22. The number of carbonyl (C=O) groups excluding carboxylic acids is 3. The van der Waals surface area contributed by atoms with E-state index in [1.807, 2.05) is 48.5 Å². The Labute approximate surface area is 269 Å². The van der Waals surface area contributed by atoms with Gasteiger partial charge in [-0.3, -0.25) is 19.3 Å². The molecule has 6 rings (SSSR count). The van der Waals surface area contributed by atoms with Gasteiger partial charge in [0.1, 0.15) is 18.9 Å². The highest BCUT2D eigenvalue weighted by Crippen LogP contribution is 2.35. The average molecular weight is 786 g/mol. The largest absolute Gasteiger partial charge is 0.487 e. The van der Waals surface area contributed by atoms with Crippen LogP contribution in [0.2, 0.25) is 0 Å². The third-order valence-corrected chi connectivity index (χ3v) is 9.73. The second-order valence-electron chi connectivity index (χ2n) is 9.84. The number of fused-ring (bicyclic) bond motifs is 2. The van der Waals surface area contributed by atoms with E-state index in [-0.39, 0.29) is 12.5 Å². The number of imide groups is 1. The second-order valence-corrected chi connectivity index (χ2v) is 13.2. The molecular formula is C32H24I2N2O4S. The van der Waals surface area contributed by atoms with Gasteiger partial charge in [0, 0.05) is 13.1 Å². The number of amides is 3. The fraction of sp³-hybridized carbons (Fsp3) is 0.156. The van der Waals surface area contributed by atoms with E-state index in [1.165, 1.54) is 10.9 Å². The maximum atomic E-state index is 13.2.